The van der Waals surface area contributed by atoms with Gasteiger partial charge in [-0.15, -0.1) is 0 Å². The van der Waals surface area contributed by atoms with Crippen LogP contribution in [0.15, 0.2) is 36.4 Å². The van der Waals surface area contributed by atoms with E-state index in [1.807, 2.05) is 6.07 Å². The molecule has 0 heterocycles. The lowest BCUT2D eigenvalue weighted by atomic mass is 9.99. The van der Waals surface area contributed by atoms with Crippen molar-refractivity contribution >= 4 is 34.9 Å². The van der Waals surface area contributed by atoms with E-state index in [0.29, 0.717) is 21.3 Å². The molecule has 0 amide bonds. The monoisotopic (exact) mass is 295 g/mol. The second kappa shape index (κ2) is 5.51. The molecular weight excluding hydrogens is 285 g/mol. The van der Waals surface area contributed by atoms with Crippen molar-refractivity contribution in [3.8, 4) is 11.1 Å². The predicted octanol–water partition coefficient (Wildman–Crippen LogP) is 3.87. The van der Waals surface area contributed by atoms with Gasteiger partial charge in [-0.1, -0.05) is 41.4 Å². The van der Waals surface area contributed by atoms with Crippen LogP contribution in [-0.4, -0.2) is 11.1 Å². The molecule has 3 N–H and O–H groups in total. The fraction of sp³-hybridized carbons (Fsp3) is 0.0714. The largest absolute Gasteiger partial charge is 0.481 e. The fourth-order valence-corrected chi connectivity index (χ4v) is 2.42. The molecule has 0 radical (unpaired) electrons. The van der Waals surface area contributed by atoms with Gasteiger partial charge < -0.3 is 10.8 Å². The van der Waals surface area contributed by atoms with Crippen LogP contribution < -0.4 is 5.73 Å². The number of nitrogen functional groups attached to an aromatic ring is 1. The number of para-hydroxylation sites is 1. The molecule has 0 saturated carbocycles. The number of carboxylic acids is 1. The van der Waals surface area contributed by atoms with Crippen molar-refractivity contribution in [2.45, 2.75) is 6.42 Å². The topological polar surface area (TPSA) is 63.3 Å². The van der Waals surface area contributed by atoms with Crippen molar-refractivity contribution in [1.29, 1.82) is 0 Å². The zero-order valence-corrected chi connectivity index (χ0v) is 11.4. The summed E-state index contributed by atoms with van der Waals surface area (Å²) in [5.74, 6) is -0.923. The highest BCUT2D eigenvalue weighted by atomic mass is 35.5. The Morgan fingerprint density at radius 3 is 2.37 bits per heavy atom. The van der Waals surface area contributed by atoms with Gasteiger partial charge in [-0.3, -0.25) is 4.79 Å². The Balaban J connectivity index is 2.53. The van der Waals surface area contributed by atoms with Gasteiger partial charge in [-0.25, -0.2) is 0 Å². The molecule has 0 saturated heterocycles. The third kappa shape index (κ3) is 3.19. The van der Waals surface area contributed by atoms with Gasteiger partial charge in [0.25, 0.3) is 0 Å². The van der Waals surface area contributed by atoms with Crippen LogP contribution in [0.3, 0.4) is 0 Å². The first-order valence-corrected chi connectivity index (χ1v) is 6.28. The normalized spacial score (nSPS) is 10.4. The Bertz CT molecular complexity index is 621. The van der Waals surface area contributed by atoms with Crippen LogP contribution in [0, 0.1) is 0 Å². The van der Waals surface area contributed by atoms with Gasteiger partial charge in [0.2, 0.25) is 0 Å². The summed E-state index contributed by atoms with van der Waals surface area (Å²) in [7, 11) is 0. The molecular formula is C14H11Cl2NO2. The first-order valence-electron chi connectivity index (χ1n) is 5.53. The fourth-order valence-electron chi connectivity index (χ4n) is 1.89. The molecule has 0 aliphatic carbocycles. The molecule has 2 rings (SSSR count). The minimum absolute atomic E-state index is 0.117. The molecule has 0 spiro atoms. The van der Waals surface area contributed by atoms with E-state index in [-0.39, 0.29) is 6.42 Å². The lowest BCUT2D eigenvalue weighted by Crippen LogP contribution is -2.04. The van der Waals surface area contributed by atoms with Crippen LogP contribution in [0.4, 0.5) is 5.69 Å². The highest BCUT2D eigenvalue weighted by molar-refractivity contribution is 6.35. The summed E-state index contributed by atoms with van der Waals surface area (Å²) in [5.41, 5.74) is 8.51. The van der Waals surface area contributed by atoms with Crippen LogP contribution in [0.25, 0.3) is 11.1 Å². The zero-order valence-electron chi connectivity index (χ0n) is 9.86. The molecule has 19 heavy (non-hydrogen) atoms. The van der Waals surface area contributed by atoms with E-state index in [1.165, 1.54) is 0 Å². The van der Waals surface area contributed by atoms with E-state index in [0.717, 1.165) is 11.1 Å². The summed E-state index contributed by atoms with van der Waals surface area (Å²) in [6, 6.07) is 10.4. The lowest BCUT2D eigenvalue weighted by molar-refractivity contribution is -0.136. The van der Waals surface area contributed by atoms with Crippen molar-refractivity contribution in [3.05, 3.63) is 52.0 Å². The number of nitrogens with two attached hydrogens (primary N) is 1. The lowest BCUT2D eigenvalue weighted by Gasteiger charge is -2.10. The third-order valence-corrected chi connectivity index (χ3v) is 3.15. The maximum absolute atomic E-state index is 10.8. The minimum Gasteiger partial charge on any atom is -0.481 e. The van der Waals surface area contributed by atoms with Crippen molar-refractivity contribution in [2.24, 2.45) is 0 Å². The molecule has 5 heteroatoms. The molecule has 0 fully saturated rings. The molecule has 0 aromatic heterocycles. The van der Waals surface area contributed by atoms with Crippen molar-refractivity contribution in [3.63, 3.8) is 0 Å². The number of hydrogen-bond donors (Lipinski definition) is 2. The molecule has 0 aliphatic rings. The Kier molecular flexibility index (Phi) is 3.98. The Hall–Kier alpha value is -1.71. The molecule has 0 aliphatic heterocycles. The summed E-state index contributed by atoms with van der Waals surface area (Å²) in [5, 5.41) is 9.85. The Labute approximate surface area is 120 Å². The molecule has 2 aromatic rings. The molecule has 0 atom stereocenters. The van der Waals surface area contributed by atoms with Gasteiger partial charge in [0.15, 0.2) is 0 Å². The number of hydrogen-bond acceptors (Lipinski definition) is 2. The van der Waals surface area contributed by atoms with Gasteiger partial charge >= 0.3 is 5.97 Å². The molecule has 3 nitrogen and oxygen atoms in total. The Morgan fingerprint density at radius 2 is 1.79 bits per heavy atom. The number of rotatable bonds is 3. The first-order chi connectivity index (χ1) is 8.97. The van der Waals surface area contributed by atoms with E-state index in [9.17, 15) is 4.79 Å². The summed E-state index contributed by atoms with van der Waals surface area (Å²) in [6.07, 6.45) is -0.117. The van der Waals surface area contributed by atoms with Gasteiger partial charge in [0.05, 0.1) is 6.42 Å². The number of aliphatic carboxylic acids is 1. The van der Waals surface area contributed by atoms with E-state index in [2.05, 4.69) is 0 Å². The van der Waals surface area contributed by atoms with Crippen LogP contribution in [-0.2, 0) is 11.2 Å². The first kappa shape index (κ1) is 13.7. The Morgan fingerprint density at radius 1 is 1.16 bits per heavy atom. The highest BCUT2D eigenvalue weighted by Crippen LogP contribution is 2.32. The van der Waals surface area contributed by atoms with E-state index >= 15 is 0 Å². The summed E-state index contributed by atoms with van der Waals surface area (Å²) in [6.45, 7) is 0. The van der Waals surface area contributed by atoms with Gasteiger partial charge in [-0.05, 0) is 29.3 Å². The summed E-state index contributed by atoms with van der Waals surface area (Å²) in [4.78, 5) is 10.8. The van der Waals surface area contributed by atoms with Gasteiger partial charge in [0, 0.05) is 21.3 Å². The van der Waals surface area contributed by atoms with E-state index < -0.39 is 5.97 Å². The average Bonchev–Trinajstić information content (AvgIpc) is 2.30. The second-order valence-corrected chi connectivity index (χ2v) is 4.98. The van der Waals surface area contributed by atoms with E-state index in [1.54, 1.807) is 30.3 Å². The zero-order chi connectivity index (χ0) is 14.0. The predicted molar refractivity (Wildman–Crippen MR) is 77.7 cm³/mol. The van der Waals surface area contributed by atoms with Crippen LogP contribution in [0.5, 0.6) is 0 Å². The summed E-state index contributed by atoms with van der Waals surface area (Å²) < 4.78 is 0. The molecule has 0 bridgehead atoms. The van der Waals surface area contributed by atoms with Crippen LogP contribution >= 0.6 is 23.2 Å². The van der Waals surface area contributed by atoms with Gasteiger partial charge in [-0.2, -0.15) is 0 Å². The summed E-state index contributed by atoms with van der Waals surface area (Å²) >= 11 is 11.9. The van der Waals surface area contributed by atoms with Crippen LogP contribution in [0.1, 0.15) is 5.56 Å². The standard InChI is InChI=1S/C14H11Cl2NO2/c15-10-4-9(5-11(16)7-10)12-3-1-2-8(14(12)17)6-13(18)19/h1-5,7H,6,17H2,(H,18,19). The number of carbonyl (C=O) groups is 1. The quantitative estimate of drug-likeness (QED) is 0.845. The molecule has 2 aromatic carbocycles. The smallest absolute Gasteiger partial charge is 0.307 e. The number of carboxylic acid groups (broad SMARTS) is 1. The van der Waals surface area contributed by atoms with Crippen molar-refractivity contribution in [2.75, 3.05) is 5.73 Å². The SMILES string of the molecule is Nc1c(CC(=O)O)cccc1-c1cc(Cl)cc(Cl)c1. The maximum Gasteiger partial charge on any atom is 0.307 e. The number of benzene rings is 2. The number of halogens is 2. The maximum atomic E-state index is 10.8. The third-order valence-electron chi connectivity index (χ3n) is 2.71. The number of anilines is 1. The van der Waals surface area contributed by atoms with Gasteiger partial charge in [0.1, 0.15) is 0 Å². The molecule has 98 valence electrons. The minimum atomic E-state index is -0.923. The second-order valence-electron chi connectivity index (χ2n) is 4.11. The highest BCUT2D eigenvalue weighted by Gasteiger charge is 2.10. The van der Waals surface area contributed by atoms with Crippen molar-refractivity contribution < 1.29 is 9.90 Å². The molecule has 0 unspecified atom stereocenters. The average molecular weight is 296 g/mol. The van der Waals surface area contributed by atoms with Crippen molar-refractivity contribution in [1.82, 2.24) is 0 Å². The van der Waals surface area contributed by atoms with Crippen LogP contribution in [0.2, 0.25) is 10.0 Å². The van der Waals surface area contributed by atoms with E-state index in [4.69, 9.17) is 34.0 Å².